The SMILES string of the molecule is CCCCCCCCCCCCCCCCCC(=O)c1c(O)cccc1O. The second-order valence-electron chi connectivity index (χ2n) is 7.79. The Morgan fingerprint density at radius 1 is 0.667 bits per heavy atom. The fourth-order valence-corrected chi connectivity index (χ4v) is 3.60. The quantitative estimate of drug-likeness (QED) is 0.218. The van der Waals surface area contributed by atoms with E-state index in [1.165, 1.54) is 95.2 Å². The highest BCUT2D eigenvalue weighted by Gasteiger charge is 2.15. The zero-order valence-electron chi connectivity index (χ0n) is 17.3. The van der Waals surface area contributed by atoms with Crippen LogP contribution < -0.4 is 0 Å². The minimum atomic E-state index is -0.166. The van der Waals surface area contributed by atoms with Gasteiger partial charge in [0.05, 0.1) is 0 Å². The van der Waals surface area contributed by atoms with Crippen LogP contribution in [0.2, 0.25) is 0 Å². The number of phenolic OH excluding ortho intramolecular Hbond substituents is 2. The predicted molar refractivity (Wildman–Crippen MR) is 114 cm³/mol. The lowest BCUT2D eigenvalue weighted by molar-refractivity contribution is 0.0973. The van der Waals surface area contributed by atoms with Crippen molar-refractivity contribution in [2.24, 2.45) is 0 Å². The summed E-state index contributed by atoms with van der Waals surface area (Å²) in [6.07, 6.45) is 19.8. The highest BCUT2D eigenvalue weighted by atomic mass is 16.3. The highest BCUT2D eigenvalue weighted by molar-refractivity contribution is 6.01. The summed E-state index contributed by atoms with van der Waals surface area (Å²) < 4.78 is 0. The van der Waals surface area contributed by atoms with Crippen LogP contribution in [-0.2, 0) is 0 Å². The molecule has 27 heavy (non-hydrogen) atoms. The molecule has 0 bridgehead atoms. The Kier molecular flexibility index (Phi) is 13.5. The third-order valence-electron chi connectivity index (χ3n) is 5.31. The topological polar surface area (TPSA) is 57.5 Å². The summed E-state index contributed by atoms with van der Waals surface area (Å²) in [5, 5.41) is 19.4. The van der Waals surface area contributed by atoms with Gasteiger partial charge in [0.1, 0.15) is 17.1 Å². The molecule has 1 rings (SSSR count). The van der Waals surface area contributed by atoms with Crippen molar-refractivity contribution in [3.8, 4) is 11.5 Å². The maximum Gasteiger partial charge on any atom is 0.170 e. The van der Waals surface area contributed by atoms with Crippen LogP contribution in [0.5, 0.6) is 11.5 Å². The molecule has 0 aliphatic rings. The third-order valence-corrected chi connectivity index (χ3v) is 5.31. The summed E-state index contributed by atoms with van der Waals surface area (Å²) in [5.41, 5.74) is 0.0721. The number of hydrogen-bond acceptors (Lipinski definition) is 3. The fourth-order valence-electron chi connectivity index (χ4n) is 3.60. The van der Waals surface area contributed by atoms with Gasteiger partial charge in [0.25, 0.3) is 0 Å². The van der Waals surface area contributed by atoms with Crippen molar-refractivity contribution < 1.29 is 15.0 Å². The van der Waals surface area contributed by atoms with Crippen molar-refractivity contribution in [1.82, 2.24) is 0 Å². The van der Waals surface area contributed by atoms with E-state index in [1.807, 2.05) is 0 Å². The van der Waals surface area contributed by atoms with Crippen LogP contribution in [0.15, 0.2) is 18.2 Å². The molecule has 0 saturated heterocycles. The van der Waals surface area contributed by atoms with Crippen molar-refractivity contribution in [1.29, 1.82) is 0 Å². The van der Waals surface area contributed by atoms with Gasteiger partial charge in [-0.2, -0.15) is 0 Å². The Bertz CT molecular complexity index is 490. The van der Waals surface area contributed by atoms with Gasteiger partial charge >= 0.3 is 0 Å². The van der Waals surface area contributed by atoms with Crippen molar-refractivity contribution >= 4 is 5.78 Å². The van der Waals surface area contributed by atoms with Gasteiger partial charge in [0.2, 0.25) is 0 Å². The van der Waals surface area contributed by atoms with Gasteiger partial charge in [-0.1, -0.05) is 103 Å². The molecule has 0 aromatic heterocycles. The first-order valence-electron chi connectivity index (χ1n) is 11.2. The monoisotopic (exact) mass is 376 g/mol. The molecule has 0 heterocycles. The van der Waals surface area contributed by atoms with Crippen LogP contribution in [0.1, 0.15) is 120 Å². The molecule has 0 fully saturated rings. The Labute approximate surface area is 166 Å². The zero-order chi connectivity index (χ0) is 19.7. The maximum absolute atomic E-state index is 12.1. The van der Waals surface area contributed by atoms with Crippen molar-refractivity contribution in [3.63, 3.8) is 0 Å². The van der Waals surface area contributed by atoms with Crippen molar-refractivity contribution in [2.45, 2.75) is 110 Å². The van der Waals surface area contributed by atoms with Gasteiger partial charge in [-0.25, -0.2) is 0 Å². The van der Waals surface area contributed by atoms with Crippen molar-refractivity contribution in [2.75, 3.05) is 0 Å². The number of aromatic hydroxyl groups is 2. The molecule has 1 aromatic rings. The molecule has 0 unspecified atom stereocenters. The van der Waals surface area contributed by atoms with E-state index in [0.717, 1.165) is 19.3 Å². The molecule has 0 atom stereocenters. The van der Waals surface area contributed by atoms with Crippen molar-refractivity contribution in [3.05, 3.63) is 23.8 Å². The van der Waals surface area contributed by atoms with Gasteiger partial charge in [-0.15, -0.1) is 0 Å². The standard InChI is InChI=1S/C24H40O3/c1-2-3-4-5-6-7-8-9-10-11-12-13-14-15-16-18-21(25)24-22(26)19-17-20-23(24)27/h17,19-20,26-27H,2-16,18H2,1H3. The minimum absolute atomic E-state index is 0.0721. The summed E-state index contributed by atoms with van der Waals surface area (Å²) in [6.45, 7) is 2.27. The van der Waals surface area contributed by atoms with Gasteiger partial charge in [0, 0.05) is 6.42 Å². The number of Topliss-reactive ketones (excluding diaryl/α,β-unsaturated/α-hetero) is 1. The van der Waals surface area contributed by atoms with Gasteiger partial charge in [-0.3, -0.25) is 4.79 Å². The summed E-state index contributed by atoms with van der Waals surface area (Å²) in [5.74, 6) is -0.415. The number of phenols is 2. The predicted octanol–water partition coefficient (Wildman–Crippen LogP) is 7.54. The molecule has 154 valence electrons. The smallest absolute Gasteiger partial charge is 0.170 e. The van der Waals surface area contributed by atoms with Crippen LogP contribution in [0, 0.1) is 0 Å². The third kappa shape index (κ3) is 11.0. The molecule has 0 aliphatic heterocycles. The van der Waals surface area contributed by atoms with Crippen LogP contribution >= 0.6 is 0 Å². The average Bonchev–Trinajstić information content (AvgIpc) is 2.64. The summed E-state index contributed by atoms with van der Waals surface area (Å²) in [4.78, 5) is 12.1. The van der Waals surface area contributed by atoms with E-state index in [1.54, 1.807) is 0 Å². The number of ketones is 1. The lowest BCUT2D eigenvalue weighted by Crippen LogP contribution is -2.00. The summed E-state index contributed by atoms with van der Waals surface area (Å²) >= 11 is 0. The number of hydrogen-bond donors (Lipinski definition) is 2. The van der Waals surface area contributed by atoms with E-state index in [0.29, 0.717) is 6.42 Å². The molecule has 3 heteroatoms. The number of unbranched alkanes of at least 4 members (excludes halogenated alkanes) is 14. The maximum atomic E-state index is 12.1. The lowest BCUT2D eigenvalue weighted by Gasteiger charge is -2.06. The van der Waals surface area contributed by atoms with E-state index in [-0.39, 0.29) is 22.8 Å². The minimum Gasteiger partial charge on any atom is -0.507 e. The summed E-state index contributed by atoms with van der Waals surface area (Å²) in [7, 11) is 0. The molecule has 0 spiro atoms. The van der Waals surface area contributed by atoms with Crippen LogP contribution in [0.25, 0.3) is 0 Å². The second kappa shape index (κ2) is 15.5. The highest BCUT2D eigenvalue weighted by Crippen LogP contribution is 2.28. The fraction of sp³-hybridized carbons (Fsp3) is 0.708. The molecular formula is C24H40O3. The van der Waals surface area contributed by atoms with E-state index < -0.39 is 0 Å². The number of benzene rings is 1. The van der Waals surface area contributed by atoms with Crippen LogP contribution in [0.3, 0.4) is 0 Å². The lowest BCUT2D eigenvalue weighted by atomic mass is 10.0. The average molecular weight is 377 g/mol. The first-order chi connectivity index (χ1) is 13.2. The first-order valence-corrected chi connectivity index (χ1v) is 11.2. The Hall–Kier alpha value is -1.51. The number of carbonyl (C=O) groups excluding carboxylic acids is 1. The molecule has 0 radical (unpaired) electrons. The summed E-state index contributed by atoms with van der Waals surface area (Å²) in [6, 6.07) is 4.42. The van der Waals surface area contributed by atoms with Crippen LogP contribution in [-0.4, -0.2) is 16.0 Å². The largest absolute Gasteiger partial charge is 0.507 e. The van der Waals surface area contributed by atoms with E-state index in [2.05, 4.69) is 6.92 Å². The normalized spacial score (nSPS) is 11.0. The second-order valence-corrected chi connectivity index (χ2v) is 7.79. The molecule has 3 nitrogen and oxygen atoms in total. The molecule has 1 aromatic carbocycles. The Balaban J connectivity index is 1.90. The van der Waals surface area contributed by atoms with Gasteiger partial charge < -0.3 is 10.2 Å². The Morgan fingerprint density at radius 2 is 1.04 bits per heavy atom. The van der Waals surface area contributed by atoms with Gasteiger partial charge in [-0.05, 0) is 18.6 Å². The van der Waals surface area contributed by atoms with E-state index in [4.69, 9.17) is 0 Å². The van der Waals surface area contributed by atoms with Gasteiger partial charge in [0.15, 0.2) is 5.78 Å². The molecular weight excluding hydrogens is 336 g/mol. The van der Waals surface area contributed by atoms with E-state index >= 15 is 0 Å². The number of carbonyl (C=O) groups is 1. The molecule has 0 aliphatic carbocycles. The Morgan fingerprint density at radius 3 is 1.44 bits per heavy atom. The first kappa shape index (κ1) is 23.5. The number of rotatable bonds is 17. The zero-order valence-corrected chi connectivity index (χ0v) is 17.3. The molecule has 2 N–H and O–H groups in total. The van der Waals surface area contributed by atoms with Crippen LogP contribution in [0.4, 0.5) is 0 Å². The van der Waals surface area contributed by atoms with E-state index in [9.17, 15) is 15.0 Å². The molecule has 0 saturated carbocycles. The molecule has 0 amide bonds.